The van der Waals surface area contributed by atoms with Crippen LogP contribution >= 0.6 is 0 Å². The van der Waals surface area contributed by atoms with Gasteiger partial charge in [-0.1, -0.05) is 38.1 Å². The molecule has 0 bridgehead atoms. The Morgan fingerprint density at radius 1 is 1.20 bits per heavy atom. The molecule has 0 aliphatic rings. The molecule has 0 aliphatic heterocycles. The highest BCUT2D eigenvalue weighted by Gasteiger charge is 2.19. The fourth-order valence-corrected chi connectivity index (χ4v) is 2.24. The van der Waals surface area contributed by atoms with Gasteiger partial charge in [-0.05, 0) is 37.3 Å². The van der Waals surface area contributed by atoms with Crippen LogP contribution in [-0.2, 0) is 17.6 Å². The molecule has 1 N–H and O–H groups in total. The van der Waals surface area contributed by atoms with Gasteiger partial charge in [0.05, 0.1) is 12.0 Å². The summed E-state index contributed by atoms with van der Waals surface area (Å²) in [7, 11) is 1.73. The lowest BCUT2D eigenvalue weighted by molar-refractivity contribution is -0.131. The highest BCUT2D eigenvalue weighted by Crippen LogP contribution is 2.11. The minimum absolute atomic E-state index is 0.0312. The molecule has 1 aromatic rings. The largest absolute Gasteiger partial charge is 0.389 e. The van der Waals surface area contributed by atoms with Crippen molar-refractivity contribution in [1.29, 1.82) is 0 Å². The molecule has 0 unspecified atom stereocenters. The molecule has 1 amide bonds. The first kappa shape index (κ1) is 16.7. The second kappa shape index (κ2) is 6.89. The monoisotopic (exact) mass is 277 g/mol. The zero-order valence-corrected chi connectivity index (χ0v) is 13.3. The summed E-state index contributed by atoms with van der Waals surface area (Å²) in [6.07, 6.45) is 1.45. The van der Waals surface area contributed by atoms with Gasteiger partial charge >= 0.3 is 0 Å². The molecule has 0 radical (unpaired) electrons. The predicted octanol–water partition coefficient (Wildman–Crippen LogP) is 2.66. The Balaban J connectivity index is 2.58. The Labute approximate surface area is 122 Å². The maximum absolute atomic E-state index is 12.1. The summed E-state index contributed by atoms with van der Waals surface area (Å²) in [5.74, 6) is 0.670. The molecule has 0 atom stereocenters. The first-order chi connectivity index (χ1) is 9.17. The molecule has 3 nitrogen and oxygen atoms in total. The summed E-state index contributed by atoms with van der Waals surface area (Å²) in [4.78, 5) is 13.7. The number of hydrogen-bond donors (Lipinski definition) is 1. The lowest BCUT2D eigenvalue weighted by Crippen LogP contribution is -2.40. The van der Waals surface area contributed by atoms with E-state index in [-0.39, 0.29) is 5.91 Å². The van der Waals surface area contributed by atoms with Crippen LogP contribution in [0, 0.1) is 5.92 Å². The zero-order chi connectivity index (χ0) is 15.3. The first-order valence-electron chi connectivity index (χ1n) is 7.21. The van der Waals surface area contributed by atoms with Crippen LogP contribution in [0.1, 0.15) is 38.8 Å². The standard InChI is InChI=1S/C17H27NO2/c1-13(2)10-14-6-8-15(9-7-14)11-16(19)18(5)12-17(3,4)20/h6-9,13,20H,10-12H2,1-5H3. The molecular formula is C17H27NO2. The molecule has 0 aliphatic carbocycles. The van der Waals surface area contributed by atoms with Gasteiger partial charge < -0.3 is 10.0 Å². The number of benzene rings is 1. The van der Waals surface area contributed by atoms with Gasteiger partial charge in [0, 0.05) is 13.6 Å². The van der Waals surface area contributed by atoms with Crippen molar-refractivity contribution in [3.63, 3.8) is 0 Å². The number of amides is 1. The van der Waals surface area contributed by atoms with Gasteiger partial charge in [0.25, 0.3) is 0 Å². The number of aliphatic hydroxyl groups is 1. The van der Waals surface area contributed by atoms with Crippen LogP contribution in [-0.4, -0.2) is 35.1 Å². The minimum Gasteiger partial charge on any atom is -0.389 e. The number of carbonyl (C=O) groups excluding carboxylic acids is 1. The molecule has 0 aromatic heterocycles. The van der Waals surface area contributed by atoms with Gasteiger partial charge in [0.15, 0.2) is 0 Å². The first-order valence-corrected chi connectivity index (χ1v) is 7.21. The van der Waals surface area contributed by atoms with Gasteiger partial charge in [0.1, 0.15) is 0 Å². The van der Waals surface area contributed by atoms with Gasteiger partial charge in [-0.15, -0.1) is 0 Å². The average Bonchev–Trinajstić information content (AvgIpc) is 2.28. The molecule has 0 spiro atoms. The summed E-state index contributed by atoms with van der Waals surface area (Å²) < 4.78 is 0. The summed E-state index contributed by atoms with van der Waals surface area (Å²) in [5, 5.41) is 9.73. The Hall–Kier alpha value is -1.35. The van der Waals surface area contributed by atoms with Crippen LogP contribution in [0.25, 0.3) is 0 Å². The van der Waals surface area contributed by atoms with Crippen LogP contribution < -0.4 is 0 Å². The fourth-order valence-electron chi connectivity index (χ4n) is 2.24. The maximum Gasteiger partial charge on any atom is 0.226 e. The average molecular weight is 277 g/mol. The van der Waals surface area contributed by atoms with E-state index in [2.05, 4.69) is 26.0 Å². The van der Waals surface area contributed by atoms with E-state index in [4.69, 9.17) is 0 Å². The summed E-state index contributed by atoms with van der Waals surface area (Å²) >= 11 is 0. The molecule has 0 heterocycles. The van der Waals surface area contributed by atoms with E-state index in [1.807, 2.05) is 12.1 Å². The Bertz CT molecular complexity index is 429. The molecular weight excluding hydrogens is 250 g/mol. The van der Waals surface area contributed by atoms with E-state index in [1.165, 1.54) is 5.56 Å². The van der Waals surface area contributed by atoms with E-state index in [0.717, 1.165) is 12.0 Å². The normalized spacial score (nSPS) is 11.8. The van der Waals surface area contributed by atoms with Crippen molar-refractivity contribution in [3.05, 3.63) is 35.4 Å². The van der Waals surface area contributed by atoms with Crippen molar-refractivity contribution in [1.82, 2.24) is 4.90 Å². The number of likely N-dealkylation sites (N-methyl/N-ethyl adjacent to an activating group) is 1. The smallest absolute Gasteiger partial charge is 0.226 e. The molecule has 0 saturated carbocycles. The highest BCUT2D eigenvalue weighted by molar-refractivity contribution is 5.78. The van der Waals surface area contributed by atoms with Gasteiger partial charge in [-0.25, -0.2) is 0 Å². The van der Waals surface area contributed by atoms with E-state index >= 15 is 0 Å². The topological polar surface area (TPSA) is 40.5 Å². The SMILES string of the molecule is CC(C)Cc1ccc(CC(=O)N(C)CC(C)(C)O)cc1. The third-order valence-electron chi connectivity index (χ3n) is 3.07. The predicted molar refractivity (Wildman–Crippen MR) is 82.6 cm³/mol. The Morgan fingerprint density at radius 3 is 2.15 bits per heavy atom. The summed E-state index contributed by atoms with van der Waals surface area (Å²) in [5.41, 5.74) is 1.47. The van der Waals surface area contributed by atoms with E-state index < -0.39 is 5.60 Å². The molecule has 0 fully saturated rings. The van der Waals surface area contributed by atoms with Crippen molar-refractivity contribution in [2.45, 2.75) is 46.1 Å². The zero-order valence-electron chi connectivity index (χ0n) is 13.3. The van der Waals surface area contributed by atoms with Crippen molar-refractivity contribution in [2.24, 2.45) is 5.92 Å². The molecule has 1 aromatic carbocycles. The summed E-state index contributed by atoms with van der Waals surface area (Å²) in [6, 6.07) is 8.23. The molecule has 1 rings (SSSR count). The third-order valence-corrected chi connectivity index (χ3v) is 3.07. The Kier molecular flexibility index (Phi) is 5.75. The van der Waals surface area contributed by atoms with E-state index in [0.29, 0.717) is 18.9 Å². The van der Waals surface area contributed by atoms with Crippen molar-refractivity contribution in [2.75, 3.05) is 13.6 Å². The molecule has 20 heavy (non-hydrogen) atoms. The van der Waals surface area contributed by atoms with Crippen LogP contribution in [0.3, 0.4) is 0 Å². The second-order valence-corrected chi connectivity index (χ2v) is 6.65. The molecule has 0 saturated heterocycles. The van der Waals surface area contributed by atoms with Crippen LogP contribution in [0.15, 0.2) is 24.3 Å². The number of nitrogens with zero attached hydrogens (tertiary/aromatic N) is 1. The second-order valence-electron chi connectivity index (χ2n) is 6.65. The van der Waals surface area contributed by atoms with Crippen molar-refractivity contribution >= 4 is 5.91 Å². The summed E-state index contributed by atoms with van der Waals surface area (Å²) in [6.45, 7) is 8.15. The molecule has 3 heteroatoms. The highest BCUT2D eigenvalue weighted by atomic mass is 16.3. The van der Waals surface area contributed by atoms with Gasteiger partial charge in [0.2, 0.25) is 5.91 Å². The van der Waals surface area contributed by atoms with Crippen LogP contribution in [0.5, 0.6) is 0 Å². The van der Waals surface area contributed by atoms with Gasteiger partial charge in [-0.3, -0.25) is 4.79 Å². The van der Waals surface area contributed by atoms with Crippen molar-refractivity contribution < 1.29 is 9.90 Å². The lowest BCUT2D eigenvalue weighted by Gasteiger charge is -2.25. The number of rotatable bonds is 6. The quantitative estimate of drug-likeness (QED) is 0.868. The van der Waals surface area contributed by atoms with E-state index in [9.17, 15) is 9.90 Å². The van der Waals surface area contributed by atoms with Crippen molar-refractivity contribution in [3.8, 4) is 0 Å². The maximum atomic E-state index is 12.1. The van der Waals surface area contributed by atoms with Crippen LogP contribution in [0.2, 0.25) is 0 Å². The van der Waals surface area contributed by atoms with Crippen LogP contribution in [0.4, 0.5) is 0 Å². The fraction of sp³-hybridized carbons (Fsp3) is 0.588. The van der Waals surface area contributed by atoms with Gasteiger partial charge in [-0.2, -0.15) is 0 Å². The third kappa shape index (κ3) is 6.20. The lowest BCUT2D eigenvalue weighted by atomic mass is 10.0. The molecule has 112 valence electrons. The van der Waals surface area contributed by atoms with E-state index in [1.54, 1.807) is 25.8 Å². The number of hydrogen-bond acceptors (Lipinski definition) is 2. The Morgan fingerprint density at radius 2 is 1.70 bits per heavy atom. The minimum atomic E-state index is -0.856. The number of carbonyl (C=O) groups is 1.